The van der Waals surface area contributed by atoms with E-state index in [1.807, 2.05) is 11.9 Å². The second kappa shape index (κ2) is 4.94. The van der Waals surface area contributed by atoms with Crippen molar-refractivity contribution < 1.29 is 9.53 Å². The van der Waals surface area contributed by atoms with Crippen LogP contribution < -0.4 is 5.32 Å². The Morgan fingerprint density at radius 2 is 2.18 bits per heavy atom. The molecule has 1 unspecified atom stereocenters. The van der Waals surface area contributed by atoms with Gasteiger partial charge in [-0.3, -0.25) is 4.79 Å². The van der Waals surface area contributed by atoms with Gasteiger partial charge in [0.2, 0.25) is 5.91 Å². The molecule has 2 rings (SSSR count). The van der Waals surface area contributed by atoms with Crippen molar-refractivity contribution in [3.8, 4) is 0 Å². The van der Waals surface area contributed by atoms with Crippen LogP contribution in [0.3, 0.4) is 0 Å². The zero-order chi connectivity index (χ0) is 12.5. The van der Waals surface area contributed by atoms with Crippen LogP contribution in [0.5, 0.6) is 0 Å². The molecule has 98 valence electrons. The van der Waals surface area contributed by atoms with Crippen LogP contribution in [0.25, 0.3) is 0 Å². The van der Waals surface area contributed by atoms with Crippen molar-refractivity contribution in [1.82, 2.24) is 10.2 Å². The molecule has 2 fully saturated rings. The monoisotopic (exact) mass is 240 g/mol. The van der Waals surface area contributed by atoms with E-state index < -0.39 is 0 Å². The molecule has 17 heavy (non-hydrogen) atoms. The minimum absolute atomic E-state index is 0.00206. The Hall–Kier alpha value is -0.610. The molecule has 0 radical (unpaired) electrons. The number of hydrogen-bond acceptors (Lipinski definition) is 3. The first-order valence-corrected chi connectivity index (χ1v) is 6.55. The van der Waals surface area contributed by atoms with Crippen LogP contribution in [0.15, 0.2) is 0 Å². The van der Waals surface area contributed by atoms with Crippen LogP contribution in [0.1, 0.15) is 26.7 Å². The molecule has 0 aromatic carbocycles. The highest BCUT2D eigenvalue weighted by atomic mass is 16.5. The number of likely N-dealkylation sites (N-methyl/N-ethyl adjacent to an activating group) is 1. The first kappa shape index (κ1) is 12.8. The van der Waals surface area contributed by atoms with Gasteiger partial charge in [0.05, 0.1) is 19.3 Å². The SMILES string of the molecule is CNC1CCC(C)(C)CN(CC2COC2)C1=O. The number of ether oxygens (including phenoxy) is 1. The summed E-state index contributed by atoms with van der Waals surface area (Å²) in [6.07, 6.45) is 2.04. The number of likely N-dealkylation sites (tertiary alicyclic amines) is 1. The molecule has 1 N–H and O–H groups in total. The fraction of sp³-hybridized carbons (Fsp3) is 0.923. The van der Waals surface area contributed by atoms with E-state index in [1.54, 1.807) is 0 Å². The smallest absolute Gasteiger partial charge is 0.239 e. The summed E-state index contributed by atoms with van der Waals surface area (Å²) in [4.78, 5) is 14.4. The molecule has 1 atom stereocenters. The lowest BCUT2D eigenvalue weighted by Gasteiger charge is -2.35. The van der Waals surface area contributed by atoms with E-state index in [9.17, 15) is 4.79 Å². The first-order chi connectivity index (χ1) is 8.02. The van der Waals surface area contributed by atoms with Gasteiger partial charge >= 0.3 is 0 Å². The minimum atomic E-state index is -0.00206. The summed E-state index contributed by atoms with van der Waals surface area (Å²) in [5, 5.41) is 3.15. The van der Waals surface area contributed by atoms with E-state index in [0.29, 0.717) is 5.92 Å². The molecule has 2 saturated heterocycles. The minimum Gasteiger partial charge on any atom is -0.381 e. The van der Waals surface area contributed by atoms with Crippen molar-refractivity contribution in [2.24, 2.45) is 11.3 Å². The zero-order valence-corrected chi connectivity index (χ0v) is 11.2. The lowest BCUT2D eigenvalue weighted by Crippen LogP contribution is -2.49. The molecule has 4 nitrogen and oxygen atoms in total. The van der Waals surface area contributed by atoms with Gasteiger partial charge in [0, 0.05) is 19.0 Å². The van der Waals surface area contributed by atoms with Gasteiger partial charge < -0.3 is 15.0 Å². The molecular weight excluding hydrogens is 216 g/mol. The number of nitrogens with zero attached hydrogens (tertiary/aromatic N) is 1. The third kappa shape index (κ3) is 2.99. The number of carbonyl (C=O) groups excluding carboxylic acids is 1. The van der Waals surface area contributed by atoms with Crippen molar-refractivity contribution in [2.45, 2.75) is 32.7 Å². The molecule has 2 heterocycles. The van der Waals surface area contributed by atoms with E-state index in [4.69, 9.17) is 4.74 Å². The molecule has 0 aromatic heterocycles. The van der Waals surface area contributed by atoms with Crippen LogP contribution in [-0.4, -0.2) is 50.2 Å². The molecule has 0 aliphatic carbocycles. The molecule has 2 aliphatic rings. The van der Waals surface area contributed by atoms with Gasteiger partial charge in [-0.25, -0.2) is 0 Å². The van der Waals surface area contributed by atoms with Crippen LogP contribution in [-0.2, 0) is 9.53 Å². The van der Waals surface area contributed by atoms with E-state index >= 15 is 0 Å². The summed E-state index contributed by atoms with van der Waals surface area (Å²) in [5.41, 5.74) is 0.228. The topological polar surface area (TPSA) is 41.6 Å². The fourth-order valence-corrected chi connectivity index (χ4v) is 2.68. The summed E-state index contributed by atoms with van der Waals surface area (Å²) in [6.45, 7) is 7.87. The van der Waals surface area contributed by atoms with Crippen molar-refractivity contribution in [3.63, 3.8) is 0 Å². The summed E-state index contributed by atoms with van der Waals surface area (Å²) in [5.74, 6) is 0.815. The number of rotatable bonds is 3. The van der Waals surface area contributed by atoms with Crippen molar-refractivity contribution in [2.75, 3.05) is 33.4 Å². The van der Waals surface area contributed by atoms with Gasteiger partial charge in [-0.05, 0) is 25.3 Å². The fourth-order valence-electron chi connectivity index (χ4n) is 2.68. The molecule has 0 bridgehead atoms. The third-order valence-electron chi connectivity index (χ3n) is 3.87. The van der Waals surface area contributed by atoms with Crippen LogP contribution >= 0.6 is 0 Å². The van der Waals surface area contributed by atoms with Crippen molar-refractivity contribution in [3.05, 3.63) is 0 Å². The van der Waals surface area contributed by atoms with Gasteiger partial charge in [0.1, 0.15) is 0 Å². The lowest BCUT2D eigenvalue weighted by molar-refractivity contribution is -0.137. The molecule has 2 aliphatic heterocycles. The molecule has 4 heteroatoms. The van der Waals surface area contributed by atoms with Gasteiger partial charge in [0.25, 0.3) is 0 Å². The highest BCUT2D eigenvalue weighted by molar-refractivity contribution is 5.82. The van der Waals surface area contributed by atoms with E-state index in [1.165, 1.54) is 0 Å². The highest BCUT2D eigenvalue weighted by Gasteiger charge is 2.35. The Kier molecular flexibility index (Phi) is 3.73. The Labute approximate surface area is 104 Å². The van der Waals surface area contributed by atoms with E-state index in [0.717, 1.165) is 39.1 Å². The molecule has 1 amide bonds. The van der Waals surface area contributed by atoms with Gasteiger partial charge in [-0.2, -0.15) is 0 Å². The largest absolute Gasteiger partial charge is 0.381 e. The number of nitrogens with one attached hydrogen (secondary N) is 1. The predicted octanol–water partition coefficient (Wildman–Crippen LogP) is 0.869. The number of hydrogen-bond donors (Lipinski definition) is 1. The molecular formula is C13H24N2O2. The summed E-state index contributed by atoms with van der Waals surface area (Å²) < 4.78 is 5.19. The lowest BCUT2D eigenvalue weighted by atomic mass is 9.87. The Bertz CT molecular complexity index is 287. The van der Waals surface area contributed by atoms with E-state index in [2.05, 4.69) is 19.2 Å². The quantitative estimate of drug-likeness (QED) is 0.796. The van der Waals surface area contributed by atoms with Crippen LogP contribution in [0.4, 0.5) is 0 Å². The van der Waals surface area contributed by atoms with Gasteiger partial charge in [-0.1, -0.05) is 13.8 Å². The molecule has 0 aromatic rings. The Morgan fingerprint density at radius 1 is 1.47 bits per heavy atom. The highest BCUT2D eigenvalue weighted by Crippen LogP contribution is 2.29. The summed E-state index contributed by atoms with van der Waals surface area (Å²) in [7, 11) is 1.88. The predicted molar refractivity (Wildman–Crippen MR) is 66.8 cm³/mol. The molecule has 0 saturated carbocycles. The number of amides is 1. The third-order valence-corrected chi connectivity index (χ3v) is 3.87. The van der Waals surface area contributed by atoms with Crippen LogP contribution in [0.2, 0.25) is 0 Å². The number of carbonyl (C=O) groups is 1. The van der Waals surface area contributed by atoms with Crippen molar-refractivity contribution >= 4 is 5.91 Å². The zero-order valence-electron chi connectivity index (χ0n) is 11.2. The van der Waals surface area contributed by atoms with Crippen molar-refractivity contribution in [1.29, 1.82) is 0 Å². The summed E-state index contributed by atoms with van der Waals surface area (Å²) in [6, 6.07) is -0.00206. The Balaban J connectivity index is 2.04. The molecule has 0 spiro atoms. The first-order valence-electron chi connectivity index (χ1n) is 6.55. The standard InChI is InChI=1S/C13H24N2O2/c1-13(2)5-4-11(14-3)12(16)15(9-13)6-10-7-17-8-10/h10-11,14H,4-9H2,1-3H3. The maximum atomic E-state index is 12.4. The normalized spacial score (nSPS) is 29.9. The van der Waals surface area contributed by atoms with Gasteiger partial charge in [-0.15, -0.1) is 0 Å². The average molecular weight is 240 g/mol. The van der Waals surface area contributed by atoms with E-state index in [-0.39, 0.29) is 17.4 Å². The summed E-state index contributed by atoms with van der Waals surface area (Å²) >= 11 is 0. The van der Waals surface area contributed by atoms with Crippen LogP contribution in [0, 0.1) is 11.3 Å². The van der Waals surface area contributed by atoms with Gasteiger partial charge in [0.15, 0.2) is 0 Å². The maximum Gasteiger partial charge on any atom is 0.239 e. The second-order valence-electron chi connectivity index (χ2n) is 6.17. The average Bonchev–Trinajstić information content (AvgIpc) is 2.31. The Morgan fingerprint density at radius 3 is 2.71 bits per heavy atom. The maximum absolute atomic E-state index is 12.4. The second-order valence-corrected chi connectivity index (χ2v) is 6.17.